The number of halogens is 5. The van der Waals surface area contributed by atoms with E-state index in [2.05, 4.69) is 0 Å². The van der Waals surface area contributed by atoms with Crippen LogP contribution < -0.4 is 0 Å². The molecule has 0 heterocycles. The number of benzene rings is 5. The molecule has 0 amide bonds. The minimum Gasteiger partial charge on any atom is -0.207 e. The van der Waals surface area contributed by atoms with Crippen molar-refractivity contribution in [1.82, 2.24) is 0 Å². The molecule has 5 aromatic rings. The third-order valence-electron chi connectivity index (χ3n) is 8.74. The third kappa shape index (κ3) is 4.94. The summed E-state index contributed by atoms with van der Waals surface area (Å²) in [6, 6.07) is 28.3. The van der Waals surface area contributed by atoms with E-state index in [1.54, 1.807) is 31.2 Å². The van der Waals surface area contributed by atoms with Crippen LogP contribution in [-0.4, -0.2) is 0 Å². The van der Waals surface area contributed by atoms with Crippen molar-refractivity contribution >= 4 is 11.1 Å². The second-order valence-electron chi connectivity index (χ2n) is 11.7. The topological polar surface area (TPSA) is 95.2 Å². The number of hydrogen-bond donors (Lipinski definition) is 0. The van der Waals surface area contributed by atoms with Crippen LogP contribution in [0.15, 0.2) is 96.1 Å². The Kier molecular flexibility index (Phi) is 7.02. The number of fused-ring (bicyclic) bond motifs is 6. The number of nitrogens with zero attached hydrogens (tertiary/aromatic N) is 4. The molecule has 0 spiro atoms. The fourth-order valence-corrected chi connectivity index (χ4v) is 6.72. The van der Waals surface area contributed by atoms with E-state index < -0.39 is 23.4 Å². The molecule has 2 aliphatic rings. The molecule has 0 aromatic heterocycles. The fraction of sp³-hybridized carbons (Fsp3) is 0.0500. The summed E-state index contributed by atoms with van der Waals surface area (Å²) in [4.78, 5) is 0. The SMILES string of the molecule is Cc1cc(F)cc(-c2ccc3c(c2)C(=C(C#N)C#N)c2cc4c(cc2-3)-c2ccc(-c3cc(F)cc(C(F)(F)F)c3)cc2C4=C(C#N)C#N)c1. The van der Waals surface area contributed by atoms with Crippen molar-refractivity contribution in [1.29, 1.82) is 21.0 Å². The second-order valence-corrected chi connectivity index (χ2v) is 11.7. The second kappa shape index (κ2) is 11.2. The maximum absolute atomic E-state index is 14.4. The van der Waals surface area contributed by atoms with Crippen molar-refractivity contribution < 1.29 is 22.0 Å². The molecule has 0 unspecified atom stereocenters. The van der Waals surface area contributed by atoms with E-state index in [1.807, 2.05) is 48.5 Å². The van der Waals surface area contributed by atoms with Gasteiger partial charge in [-0.2, -0.15) is 34.2 Å². The van der Waals surface area contributed by atoms with Crippen LogP contribution in [0.25, 0.3) is 55.7 Å². The van der Waals surface area contributed by atoms with Crippen LogP contribution in [0.5, 0.6) is 0 Å². The van der Waals surface area contributed by atoms with Crippen molar-refractivity contribution in [2.75, 3.05) is 0 Å². The van der Waals surface area contributed by atoms with Crippen molar-refractivity contribution in [3.05, 3.63) is 141 Å². The summed E-state index contributed by atoms with van der Waals surface area (Å²) < 4.78 is 69.2. The van der Waals surface area contributed by atoms with Crippen molar-refractivity contribution in [2.24, 2.45) is 0 Å². The smallest absolute Gasteiger partial charge is 0.207 e. The van der Waals surface area contributed by atoms with Crippen LogP contribution in [0.4, 0.5) is 22.0 Å². The Morgan fingerprint density at radius 1 is 0.469 bits per heavy atom. The average molecular weight is 649 g/mol. The molecule has 232 valence electrons. The molecule has 0 N–H and O–H groups in total. The van der Waals surface area contributed by atoms with E-state index >= 15 is 0 Å². The van der Waals surface area contributed by atoms with Crippen LogP contribution in [-0.2, 0) is 6.18 Å². The Hall–Kier alpha value is -6.81. The lowest BCUT2D eigenvalue weighted by Gasteiger charge is -2.11. The van der Waals surface area contributed by atoms with Crippen LogP contribution in [0, 0.1) is 63.9 Å². The summed E-state index contributed by atoms with van der Waals surface area (Å²) in [7, 11) is 0. The quantitative estimate of drug-likeness (QED) is 0.138. The van der Waals surface area contributed by atoms with E-state index in [-0.39, 0.29) is 27.8 Å². The number of aryl methyl sites for hydroxylation is 1. The lowest BCUT2D eigenvalue weighted by atomic mass is 9.92. The maximum atomic E-state index is 14.4. The highest BCUT2D eigenvalue weighted by atomic mass is 19.4. The highest BCUT2D eigenvalue weighted by Gasteiger charge is 2.35. The summed E-state index contributed by atoms with van der Waals surface area (Å²) in [5.74, 6) is -1.49. The average Bonchev–Trinajstić information content (AvgIpc) is 3.55. The fourth-order valence-electron chi connectivity index (χ4n) is 6.72. The molecule has 0 saturated carbocycles. The van der Waals surface area contributed by atoms with Gasteiger partial charge in [0.15, 0.2) is 0 Å². The van der Waals surface area contributed by atoms with Crippen LogP contribution in [0.3, 0.4) is 0 Å². The van der Waals surface area contributed by atoms with Gasteiger partial charge in [-0.25, -0.2) is 8.78 Å². The molecule has 0 fully saturated rings. The zero-order valence-electron chi connectivity index (χ0n) is 25.3. The Bertz CT molecular complexity index is 2510. The van der Waals surface area contributed by atoms with Gasteiger partial charge in [-0.15, -0.1) is 0 Å². The highest BCUT2D eigenvalue weighted by molar-refractivity contribution is 6.11. The predicted octanol–water partition coefficient (Wildman–Crippen LogP) is 10.3. The van der Waals surface area contributed by atoms with Crippen LogP contribution in [0.1, 0.15) is 33.4 Å². The lowest BCUT2D eigenvalue weighted by molar-refractivity contribution is -0.137. The number of nitriles is 4. The van der Waals surface area contributed by atoms with Gasteiger partial charge in [-0.3, -0.25) is 0 Å². The van der Waals surface area contributed by atoms with Gasteiger partial charge in [0, 0.05) is 11.1 Å². The summed E-state index contributed by atoms with van der Waals surface area (Å²) in [6.07, 6.45) is -4.78. The van der Waals surface area contributed by atoms with E-state index in [0.29, 0.717) is 72.8 Å². The highest BCUT2D eigenvalue weighted by Crippen LogP contribution is 2.54. The molecular weight excluding hydrogens is 631 g/mol. The number of rotatable bonds is 2. The molecule has 5 aromatic carbocycles. The van der Waals surface area contributed by atoms with Gasteiger partial charge in [-0.05, 0) is 134 Å². The van der Waals surface area contributed by atoms with Gasteiger partial charge < -0.3 is 0 Å². The standard InChI is InChI=1S/C40H17F5N4/c1-20-6-23(9-28(41)7-20)21-2-4-30-32-14-33-31-5-3-22(24-8-27(40(43,44)45)13-29(42)10-24)12-35(31)39(26(18-48)19-49)37(33)15-36(32)38(34(30)11-21)25(16-46)17-47/h2-15H,1H3. The van der Waals surface area contributed by atoms with Gasteiger partial charge in [0.2, 0.25) is 0 Å². The molecule has 9 heteroatoms. The van der Waals surface area contributed by atoms with Crippen LogP contribution >= 0.6 is 0 Å². The van der Waals surface area contributed by atoms with Gasteiger partial charge >= 0.3 is 6.18 Å². The largest absolute Gasteiger partial charge is 0.416 e. The summed E-state index contributed by atoms with van der Waals surface area (Å²) >= 11 is 0. The molecule has 0 radical (unpaired) electrons. The lowest BCUT2D eigenvalue weighted by Crippen LogP contribution is -2.05. The maximum Gasteiger partial charge on any atom is 0.416 e. The van der Waals surface area contributed by atoms with E-state index in [9.17, 15) is 43.0 Å². The molecule has 2 aliphatic carbocycles. The van der Waals surface area contributed by atoms with Crippen LogP contribution in [0.2, 0.25) is 0 Å². The minimum atomic E-state index is -4.78. The van der Waals surface area contributed by atoms with Gasteiger partial charge in [0.25, 0.3) is 0 Å². The normalized spacial score (nSPS) is 12.1. The van der Waals surface area contributed by atoms with Crippen molar-refractivity contribution in [3.63, 3.8) is 0 Å². The summed E-state index contributed by atoms with van der Waals surface area (Å²) in [5.41, 5.74) is 5.59. The van der Waals surface area contributed by atoms with Gasteiger partial charge in [0.1, 0.15) is 47.1 Å². The van der Waals surface area contributed by atoms with E-state index in [1.165, 1.54) is 18.2 Å². The Morgan fingerprint density at radius 3 is 1.35 bits per heavy atom. The molecule has 4 nitrogen and oxygen atoms in total. The minimum absolute atomic E-state index is 0.0421. The first-order chi connectivity index (χ1) is 23.4. The summed E-state index contributed by atoms with van der Waals surface area (Å²) in [5, 5.41) is 40.0. The number of hydrogen-bond acceptors (Lipinski definition) is 4. The Balaban J connectivity index is 1.47. The molecule has 0 aliphatic heterocycles. The first-order valence-corrected chi connectivity index (χ1v) is 14.7. The van der Waals surface area contributed by atoms with Crippen molar-refractivity contribution in [2.45, 2.75) is 13.1 Å². The molecule has 0 bridgehead atoms. The molecular formula is C40H17F5N4. The summed E-state index contributed by atoms with van der Waals surface area (Å²) in [6.45, 7) is 1.77. The third-order valence-corrected chi connectivity index (χ3v) is 8.74. The number of alkyl halides is 3. The monoisotopic (exact) mass is 648 g/mol. The van der Waals surface area contributed by atoms with E-state index in [0.717, 1.165) is 12.1 Å². The van der Waals surface area contributed by atoms with Gasteiger partial charge in [0.05, 0.1) is 5.56 Å². The predicted molar refractivity (Wildman–Crippen MR) is 172 cm³/mol. The zero-order chi connectivity index (χ0) is 34.8. The molecule has 49 heavy (non-hydrogen) atoms. The molecule has 0 atom stereocenters. The zero-order valence-corrected chi connectivity index (χ0v) is 25.3. The Labute approximate surface area is 276 Å². The van der Waals surface area contributed by atoms with Gasteiger partial charge in [-0.1, -0.05) is 30.3 Å². The molecule has 7 rings (SSSR count). The Morgan fingerprint density at radius 2 is 0.898 bits per heavy atom. The van der Waals surface area contributed by atoms with E-state index in [4.69, 9.17) is 0 Å². The van der Waals surface area contributed by atoms with Crippen molar-refractivity contribution in [3.8, 4) is 68.8 Å². The first-order valence-electron chi connectivity index (χ1n) is 14.7. The number of allylic oxidation sites excluding steroid dienone is 2. The first kappa shape index (κ1) is 30.8. The molecule has 0 saturated heterocycles.